The first kappa shape index (κ1) is 17.4. The van der Waals surface area contributed by atoms with Gasteiger partial charge < -0.3 is 14.9 Å². The van der Waals surface area contributed by atoms with E-state index < -0.39 is 5.41 Å². The van der Waals surface area contributed by atoms with Gasteiger partial charge in [0.1, 0.15) is 0 Å². The number of aromatic nitrogens is 1. The number of aliphatic hydroxyl groups excluding tert-OH is 1. The highest BCUT2D eigenvalue weighted by Gasteiger charge is 2.49. The minimum Gasteiger partial charge on any atom is -0.395 e. The van der Waals surface area contributed by atoms with E-state index in [1.165, 1.54) is 0 Å². The normalized spacial score (nSPS) is 24.2. The van der Waals surface area contributed by atoms with E-state index in [1.54, 1.807) is 16.2 Å². The van der Waals surface area contributed by atoms with E-state index in [9.17, 15) is 9.59 Å². The summed E-state index contributed by atoms with van der Waals surface area (Å²) in [5, 5.41) is 10.1. The van der Waals surface area contributed by atoms with Crippen LogP contribution in [-0.4, -0.2) is 64.5 Å². The molecule has 6 nitrogen and oxygen atoms in total. The topological polar surface area (TPSA) is 73.7 Å². The highest BCUT2D eigenvalue weighted by molar-refractivity contribution is 7.11. The zero-order chi connectivity index (χ0) is 17.3. The predicted molar refractivity (Wildman–Crippen MR) is 91.8 cm³/mol. The fraction of sp³-hybridized carbons (Fsp3) is 0.706. The Morgan fingerprint density at radius 1 is 1.33 bits per heavy atom. The van der Waals surface area contributed by atoms with Gasteiger partial charge in [0.25, 0.3) is 0 Å². The van der Waals surface area contributed by atoms with Gasteiger partial charge in [-0.3, -0.25) is 9.59 Å². The van der Waals surface area contributed by atoms with Crippen molar-refractivity contribution in [1.82, 2.24) is 14.8 Å². The minimum absolute atomic E-state index is 0.00549. The average molecular weight is 351 g/mol. The van der Waals surface area contributed by atoms with Crippen LogP contribution < -0.4 is 0 Å². The van der Waals surface area contributed by atoms with Crippen molar-refractivity contribution < 1.29 is 14.7 Å². The van der Waals surface area contributed by atoms with Crippen molar-refractivity contribution in [1.29, 1.82) is 0 Å². The third-order valence-electron chi connectivity index (χ3n) is 5.21. The zero-order valence-electron chi connectivity index (χ0n) is 14.4. The molecule has 7 heteroatoms. The van der Waals surface area contributed by atoms with Crippen molar-refractivity contribution in [3.05, 3.63) is 15.6 Å². The van der Waals surface area contributed by atoms with E-state index in [0.717, 1.165) is 34.8 Å². The van der Waals surface area contributed by atoms with E-state index >= 15 is 0 Å². The highest BCUT2D eigenvalue weighted by atomic mass is 32.1. The predicted octanol–water partition coefficient (Wildman–Crippen LogP) is 1.14. The molecule has 2 saturated heterocycles. The van der Waals surface area contributed by atoms with Crippen LogP contribution in [0.3, 0.4) is 0 Å². The maximum Gasteiger partial charge on any atom is 0.230 e. The van der Waals surface area contributed by atoms with Crippen molar-refractivity contribution in [2.75, 3.05) is 32.8 Å². The van der Waals surface area contributed by atoms with Gasteiger partial charge in [-0.1, -0.05) is 0 Å². The van der Waals surface area contributed by atoms with E-state index in [-0.39, 0.29) is 18.4 Å². The lowest BCUT2D eigenvalue weighted by atomic mass is 9.78. The molecule has 2 fully saturated rings. The molecule has 1 aromatic heterocycles. The van der Waals surface area contributed by atoms with Crippen LogP contribution in [0.1, 0.15) is 34.8 Å². The third-order valence-corrected chi connectivity index (χ3v) is 6.28. The molecule has 0 bridgehead atoms. The summed E-state index contributed by atoms with van der Waals surface area (Å²) in [4.78, 5) is 34.5. The lowest BCUT2D eigenvalue weighted by Gasteiger charge is -2.39. The Labute approximate surface area is 146 Å². The number of amides is 2. The van der Waals surface area contributed by atoms with Gasteiger partial charge in [0.15, 0.2) is 0 Å². The molecule has 1 atom stereocenters. The van der Waals surface area contributed by atoms with Gasteiger partial charge in [-0.05, 0) is 33.1 Å². The van der Waals surface area contributed by atoms with Gasteiger partial charge in [0, 0.05) is 31.1 Å². The SMILES string of the molecule is Cc1nc(C)c(CC(=O)N2CC[C@]3(CCCN(CCO)C3=O)C2)s1. The number of likely N-dealkylation sites (tertiary alicyclic amines) is 2. The molecule has 0 saturated carbocycles. The molecule has 2 aliphatic rings. The number of carbonyl (C=O) groups is 2. The number of aliphatic hydroxyl groups is 1. The molecule has 0 aromatic carbocycles. The molecular weight excluding hydrogens is 326 g/mol. The molecule has 2 amide bonds. The minimum atomic E-state index is -0.429. The Hall–Kier alpha value is -1.47. The van der Waals surface area contributed by atoms with Crippen LogP contribution in [0.4, 0.5) is 0 Å². The van der Waals surface area contributed by atoms with Crippen LogP contribution in [0.25, 0.3) is 0 Å². The molecule has 24 heavy (non-hydrogen) atoms. The first-order valence-electron chi connectivity index (χ1n) is 8.56. The number of β-amino-alcohol motifs (C(OH)–C–C–N with tert-alkyl or cyclic N) is 1. The molecule has 1 spiro atoms. The van der Waals surface area contributed by atoms with Crippen LogP contribution in [0.15, 0.2) is 0 Å². The molecule has 1 N–H and O–H groups in total. The molecule has 0 radical (unpaired) electrons. The Balaban J connectivity index is 1.67. The molecule has 0 aliphatic carbocycles. The summed E-state index contributed by atoms with van der Waals surface area (Å²) >= 11 is 1.57. The van der Waals surface area contributed by atoms with Gasteiger partial charge in [-0.2, -0.15) is 0 Å². The second kappa shape index (κ2) is 6.80. The molecule has 1 aromatic rings. The first-order chi connectivity index (χ1) is 11.4. The standard InChI is InChI=1S/C17H25N3O3S/c1-12-14(24-13(2)18-12)10-15(22)20-7-5-17(11-20)4-3-6-19(8-9-21)16(17)23/h21H,3-11H2,1-2H3/t17-/m1/s1. The summed E-state index contributed by atoms with van der Waals surface area (Å²) in [5.74, 6) is 0.202. The van der Waals surface area contributed by atoms with Crippen molar-refractivity contribution in [3.8, 4) is 0 Å². The average Bonchev–Trinajstić information content (AvgIpc) is 3.09. The van der Waals surface area contributed by atoms with Crippen molar-refractivity contribution in [2.24, 2.45) is 5.41 Å². The maximum atomic E-state index is 12.8. The van der Waals surface area contributed by atoms with Gasteiger partial charge in [0.05, 0.1) is 29.1 Å². The Kier molecular flexibility index (Phi) is 4.92. The van der Waals surface area contributed by atoms with Gasteiger partial charge in [-0.15, -0.1) is 11.3 Å². The summed E-state index contributed by atoms with van der Waals surface area (Å²) in [7, 11) is 0. The summed E-state index contributed by atoms with van der Waals surface area (Å²) in [5.41, 5.74) is 0.504. The van der Waals surface area contributed by atoms with E-state index in [0.29, 0.717) is 32.6 Å². The molecule has 3 rings (SSSR count). The third kappa shape index (κ3) is 3.19. The van der Waals surface area contributed by atoms with Gasteiger partial charge in [-0.25, -0.2) is 4.98 Å². The lowest BCUT2D eigenvalue weighted by Crippen LogP contribution is -2.51. The van der Waals surface area contributed by atoms with Crippen LogP contribution in [0.5, 0.6) is 0 Å². The number of aryl methyl sites for hydroxylation is 2. The van der Waals surface area contributed by atoms with Gasteiger partial charge in [0.2, 0.25) is 11.8 Å². The first-order valence-corrected chi connectivity index (χ1v) is 9.38. The summed E-state index contributed by atoms with van der Waals surface area (Å²) in [6.45, 7) is 6.16. The monoisotopic (exact) mass is 351 g/mol. The quantitative estimate of drug-likeness (QED) is 0.883. The Morgan fingerprint density at radius 2 is 2.12 bits per heavy atom. The number of nitrogens with zero attached hydrogens (tertiary/aromatic N) is 3. The fourth-order valence-corrected chi connectivity index (χ4v) is 4.86. The molecule has 0 unspecified atom stereocenters. The summed E-state index contributed by atoms with van der Waals surface area (Å²) in [6, 6.07) is 0. The summed E-state index contributed by atoms with van der Waals surface area (Å²) in [6.07, 6.45) is 2.90. The van der Waals surface area contributed by atoms with E-state index in [1.807, 2.05) is 18.7 Å². The smallest absolute Gasteiger partial charge is 0.230 e. The van der Waals surface area contributed by atoms with Crippen LogP contribution >= 0.6 is 11.3 Å². The molecule has 3 heterocycles. The Morgan fingerprint density at radius 3 is 2.79 bits per heavy atom. The maximum absolute atomic E-state index is 12.8. The number of hydrogen-bond acceptors (Lipinski definition) is 5. The van der Waals surface area contributed by atoms with Crippen LogP contribution in [-0.2, 0) is 16.0 Å². The van der Waals surface area contributed by atoms with Crippen LogP contribution in [0, 0.1) is 19.3 Å². The Bertz CT molecular complexity index is 643. The molecule has 2 aliphatic heterocycles. The highest BCUT2D eigenvalue weighted by Crippen LogP contribution is 2.40. The number of carbonyl (C=O) groups excluding carboxylic acids is 2. The summed E-state index contributed by atoms with van der Waals surface area (Å²) < 4.78 is 0. The van der Waals surface area contributed by atoms with Crippen molar-refractivity contribution >= 4 is 23.2 Å². The zero-order valence-corrected chi connectivity index (χ0v) is 15.2. The second-order valence-corrected chi connectivity index (χ2v) is 8.17. The molecular formula is C17H25N3O3S. The van der Waals surface area contributed by atoms with Crippen LogP contribution in [0.2, 0.25) is 0 Å². The van der Waals surface area contributed by atoms with Crippen molar-refractivity contribution in [3.63, 3.8) is 0 Å². The molecule has 132 valence electrons. The van der Waals surface area contributed by atoms with Gasteiger partial charge >= 0.3 is 0 Å². The number of piperidine rings is 1. The second-order valence-electron chi connectivity index (χ2n) is 6.88. The number of thiazole rings is 1. The number of hydrogen-bond donors (Lipinski definition) is 1. The van der Waals surface area contributed by atoms with E-state index in [2.05, 4.69) is 4.98 Å². The fourth-order valence-electron chi connectivity index (χ4n) is 3.94. The number of rotatable bonds is 4. The largest absolute Gasteiger partial charge is 0.395 e. The van der Waals surface area contributed by atoms with E-state index in [4.69, 9.17) is 5.11 Å². The lowest BCUT2D eigenvalue weighted by molar-refractivity contribution is -0.146. The van der Waals surface area contributed by atoms with Crippen molar-refractivity contribution in [2.45, 2.75) is 39.5 Å².